The van der Waals surface area contributed by atoms with Crippen LogP contribution in [0.5, 0.6) is 5.75 Å². The van der Waals surface area contributed by atoms with Crippen molar-refractivity contribution in [1.82, 2.24) is 14.9 Å². The van der Waals surface area contributed by atoms with Crippen LogP contribution >= 0.6 is 0 Å². The number of nitriles is 1. The van der Waals surface area contributed by atoms with E-state index in [1.807, 2.05) is 29.8 Å². The van der Waals surface area contributed by atoms with Crippen molar-refractivity contribution in [2.45, 2.75) is 45.3 Å². The first-order valence-electron chi connectivity index (χ1n) is 10.3. The van der Waals surface area contributed by atoms with Gasteiger partial charge in [0, 0.05) is 23.9 Å². The fourth-order valence-electron chi connectivity index (χ4n) is 3.78. The van der Waals surface area contributed by atoms with Gasteiger partial charge in [0.1, 0.15) is 5.75 Å². The first-order chi connectivity index (χ1) is 15.4. The smallest absolute Gasteiger partial charge is 0.437 e. The molecule has 4 rings (SSSR count). The van der Waals surface area contributed by atoms with Crippen LogP contribution in [0.1, 0.15) is 36.6 Å². The van der Waals surface area contributed by atoms with Crippen LogP contribution in [0.15, 0.2) is 41.1 Å². The second-order valence-corrected chi connectivity index (χ2v) is 7.50. The zero-order valence-electron chi connectivity index (χ0n) is 17.4. The minimum absolute atomic E-state index is 0.0490. The van der Waals surface area contributed by atoms with E-state index in [0.29, 0.717) is 43.7 Å². The molecule has 32 heavy (non-hydrogen) atoms. The summed E-state index contributed by atoms with van der Waals surface area (Å²) in [5.41, 5.74) is 1.63. The number of alkyl halides is 3. The van der Waals surface area contributed by atoms with Crippen molar-refractivity contribution in [2.24, 2.45) is 0 Å². The Bertz CT molecular complexity index is 1280. The van der Waals surface area contributed by atoms with Crippen molar-refractivity contribution in [3.05, 3.63) is 53.3 Å². The Kier molecular flexibility index (Phi) is 6.04. The molecule has 0 fully saturated rings. The van der Waals surface area contributed by atoms with E-state index >= 15 is 0 Å². The van der Waals surface area contributed by atoms with Crippen molar-refractivity contribution in [3.63, 3.8) is 0 Å². The van der Waals surface area contributed by atoms with Gasteiger partial charge in [-0.1, -0.05) is 24.6 Å². The third kappa shape index (κ3) is 4.26. The number of ether oxygens (including phenoxy) is 1. The largest absolute Gasteiger partial charge is 0.493 e. The van der Waals surface area contributed by atoms with Gasteiger partial charge in [0.15, 0.2) is 11.3 Å². The molecule has 6 nitrogen and oxygen atoms in total. The lowest BCUT2D eigenvalue weighted by molar-refractivity contribution is -0.141. The highest BCUT2D eigenvalue weighted by atomic mass is 19.4. The third-order valence-electron chi connectivity index (χ3n) is 5.23. The topological polar surface area (TPSA) is 76.9 Å². The van der Waals surface area contributed by atoms with Crippen molar-refractivity contribution in [3.8, 4) is 11.8 Å². The molecule has 0 aliphatic rings. The average molecular weight is 442 g/mol. The number of hydrogen-bond donors (Lipinski definition) is 0. The molecular formula is C23H21F3N4O2. The first-order valence-corrected chi connectivity index (χ1v) is 10.3. The zero-order chi connectivity index (χ0) is 22.7. The number of halogens is 3. The van der Waals surface area contributed by atoms with Gasteiger partial charge in [-0.3, -0.25) is 4.68 Å². The monoisotopic (exact) mass is 442 g/mol. The summed E-state index contributed by atoms with van der Waals surface area (Å²) in [6.45, 7) is 2.93. The van der Waals surface area contributed by atoms with Crippen LogP contribution in [-0.4, -0.2) is 21.5 Å². The highest BCUT2D eigenvalue weighted by Gasteiger charge is 2.37. The van der Waals surface area contributed by atoms with Gasteiger partial charge in [0.25, 0.3) is 0 Å². The Morgan fingerprint density at radius 1 is 1.22 bits per heavy atom. The fraction of sp³-hybridized carbons (Fsp3) is 0.348. The Labute approximate surface area is 182 Å². The molecule has 0 bridgehead atoms. The molecule has 0 radical (unpaired) electrons. The van der Waals surface area contributed by atoms with Crippen LogP contribution in [0.3, 0.4) is 0 Å². The Morgan fingerprint density at radius 3 is 2.81 bits per heavy atom. The number of nitrogens with zero attached hydrogens (tertiary/aromatic N) is 4. The van der Waals surface area contributed by atoms with Gasteiger partial charge in [0.2, 0.25) is 0 Å². The second-order valence-electron chi connectivity index (χ2n) is 7.50. The fourth-order valence-corrected chi connectivity index (χ4v) is 3.78. The van der Waals surface area contributed by atoms with E-state index in [4.69, 9.17) is 14.5 Å². The summed E-state index contributed by atoms with van der Waals surface area (Å²) in [6.07, 6.45) is -0.538. The number of fused-ring (bicyclic) bond motifs is 2. The summed E-state index contributed by atoms with van der Waals surface area (Å²) < 4.78 is 52.3. The maximum absolute atomic E-state index is 13.1. The zero-order valence-corrected chi connectivity index (χ0v) is 17.4. The van der Waals surface area contributed by atoms with E-state index in [1.165, 1.54) is 6.07 Å². The maximum Gasteiger partial charge on any atom is 0.437 e. The molecule has 0 N–H and O–H groups in total. The minimum atomic E-state index is -4.57. The molecule has 2 heterocycles. The van der Waals surface area contributed by atoms with Crippen molar-refractivity contribution >= 4 is 21.9 Å². The molecule has 9 heteroatoms. The van der Waals surface area contributed by atoms with Gasteiger partial charge in [-0.25, -0.2) is 0 Å². The van der Waals surface area contributed by atoms with E-state index in [9.17, 15) is 13.2 Å². The molecule has 166 valence electrons. The molecule has 4 aromatic rings. The summed E-state index contributed by atoms with van der Waals surface area (Å²) in [6, 6.07) is 10.9. The lowest BCUT2D eigenvalue weighted by Crippen LogP contribution is -2.07. The minimum Gasteiger partial charge on any atom is -0.493 e. The van der Waals surface area contributed by atoms with Crippen LogP contribution in [-0.2, 0) is 25.6 Å². The number of aromatic nitrogens is 3. The number of hydrogen-bond acceptors (Lipinski definition) is 5. The molecular weight excluding hydrogens is 421 g/mol. The Morgan fingerprint density at radius 2 is 2.06 bits per heavy atom. The van der Waals surface area contributed by atoms with Crippen LogP contribution in [0.4, 0.5) is 13.2 Å². The lowest BCUT2D eigenvalue weighted by atomic mass is 10.0. The molecule has 0 aliphatic carbocycles. The summed E-state index contributed by atoms with van der Waals surface area (Å²) >= 11 is 0. The van der Waals surface area contributed by atoms with Crippen molar-refractivity contribution in [1.29, 1.82) is 5.26 Å². The van der Waals surface area contributed by atoms with Gasteiger partial charge in [0.05, 0.1) is 36.2 Å². The summed E-state index contributed by atoms with van der Waals surface area (Å²) in [4.78, 5) is 0. The van der Waals surface area contributed by atoms with E-state index in [2.05, 4.69) is 16.3 Å². The molecule has 0 atom stereocenters. The molecule has 0 amide bonds. The number of benzene rings is 2. The summed E-state index contributed by atoms with van der Waals surface area (Å²) in [5.74, 6) is 0.510. The normalized spacial score (nSPS) is 11.8. The molecule has 0 unspecified atom stereocenters. The summed E-state index contributed by atoms with van der Waals surface area (Å²) in [5, 5.41) is 17.4. The maximum atomic E-state index is 13.1. The van der Waals surface area contributed by atoms with E-state index in [-0.39, 0.29) is 11.0 Å². The highest BCUT2D eigenvalue weighted by Crippen LogP contribution is 2.38. The molecule has 2 aromatic carbocycles. The van der Waals surface area contributed by atoms with Crippen LogP contribution in [0, 0.1) is 11.3 Å². The average Bonchev–Trinajstić information content (AvgIpc) is 3.37. The molecule has 0 spiro atoms. The molecule has 2 aromatic heterocycles. The van der Waals surface area contributed by atoms with E-state index in [0.717, 1.165) is 22.9 Å². The second kappa shape index (κ2) is 8.91. The lowest BCUT2D eigenvalue weighted by Gasteiger charge is -2.12. The first kappa shape index (κ1) is 21.7. The number of rotatable bonds is 8. The predicted molar refractivity (Wildman–Crippen MR) is 112 cm³/mol. The summed E-state index contributed by atoms with van der Waals surface area (Å²) in [7, 11) is 0. The molecule has 0 saturated carbocycles. The van der Waals surface area contributed by atoms with Crippen molar-refractivity contribution < 1.29 is 22.4 Å². The van der Waals surface area contributed by atoms with Crippen LogP contribution in [0.2, 0.25) is 0 Å². The Hall–Kier alpha value is -3.54. The number of aryl methyl sites for hydroxylation is 2. The van der Waals surface area contributed by atoms with E-state index < -0.39 is 11.9 Å². The predicted octanol–water partition coefficient (Wildman–Crippen LogP) is 5.68. The van der Waals surface area contributed by atoms with Gasteiger partial charge in [-0.05, 0) is 36.2 Å². The van der Waals surface area contributed by atoms with Crippen LogP contribution in [0.25, 0.3) is 21.9 Å². The quantitative estimate of drug-likeness (QED) is 0.328. The SMILES string of the molecule is CCCc1c(OCCCn2ncc3cc(CC#N)ccc32)ccc2c(C(F)(F)F)noc12. The van der Waals surface area contributed by atoms with Crippen molar-refractivity contribution in [2.75, 3.05) is 6.61 Å². The molecule has 0 saturated heterocycles. The highest BCUT2D eigenvalue weighted by molar-refractivity contribution is 5.85. The third-order valence-corrected chi connectivity index (χ3v) is 5.23. The standard InChI is InChI=1S/C23H21F3N4O2/c1-2-4-17-20(8-6-18-21(17)32-29-22(18)23(24,25)26)31-12-3-11-30-19-7-5-15(9-10-27)13-16(19)14-28-30/h5-8,13-14H,2-4,9,11-12H2,1H3. The van der Waals surface area contributed by atoms with Gasteiger partial charge in [-0.2, -0.15) is 23.5 Å². The van der Waals surface area contributed by atoms with E-state index in [1.54, 1.807) is 12.3 Å². The van der Waals surface area contributed by atoms with Gasteiger partial charge < -0.3 is 9.26 Å². The van der Waals surface area contributed by atoms with Crippen LogP contribution < -0.4 is 4.74 Å². The van der Waals surface area contributed by atoms with Gasteiger partial charge in [-0.15, -0.1) is 0 Å². The Balaban J connectivity index is 1.46. The van der Waals surface area contributed by atoms with Gasteiger partial charge >= 0.3 is 6.18 Å². The molecule has 0 aliphatic heterocycles.